The van der Waals surface area contributed by atoms with Gasteiger partial charge in [-0.05, 0) is 37.7 Å². The third-order valence-electron chi connectivity index (χ3n) is 1.60. The molecular weight excluding hydrogens is 174 g/mol. The largest absolute Gasteiger partial charge is 1.00 e. The molecule has 0 bridgehead atoms. The lowest BCUT2D eigenvalue weighted by Gasteiger charge is -1.99. The van der Waals surface area contributed by atoms with Gasteiger partial charge in [-0.25, -0.2) is 0 Å². The Morgan fingerprint density at radius 2 is 1.92 bits per heavy atom. The molecule has 0 amide bonds. The Labute approximate surface area is 80.5 Å². The summed E-state index contributed by atoms with van der Waals surface area (Å²) in [6.07, 6.45) is 1.01. The number of likely N-dealkylation sites (N-methyl/N-ethyl adjacent to an activating group) is 1. The van der Waals surface area contributed by atoms with E-state index in [1.54, 1.807) is 12.1 Å². The van der Waals surface area contributed by atoms with Crippen molar-refractivity contribution in [2.45, 2.75) is 6.42 Å². The van der Waals surface area contributed by atoms with E-state index in [-0.39, 0.29) is 13.8 Å². The molecule has 0 fully saturated rings. The van der Waals surface area contributed by atoms with E-state index in [0.29, 0.717) is 5.75 Å². The van der Waals surface area contributed by atoms with Crippen molar-refractivity contribution in [2.75, 3.05) is 13.6 Å². The van der Waals surface area contributed by atoms with Gasteiger partial charge in [-0.15, -0.1) is 0 Å². The van der Waals surface area contributed by atoms with Crippen molar-refractivity contribution in [1.29, 1.82) is 0 Å². The summed E-state index contributed by atoms with van der Waals surface area (Å²) in [4.78, 5) is 0. The first-order chi connectivity index (χ1) is 5.33. The Hall–Kier alpha value is -0.730. The fraction of sp³-hybridized carbons (Fsp3) is 0.333. The minimum absolute atomic E-state index is 0. The highest BCUT2D eigenvalue weighted by Gasteiger charge is 1.90. The van der Waals surface area contributed by atoms with E-state index in [2.05, 4.69) is 5.32 Å². The number of phenolic OH excluding ortho intramolecular Hbond substituents is 1. The fourth-order valence-electron chi connectivity index (χ4n) is 0.932. The lowest BCUT2D eigenvalue weighted by molar-refractivity contribution is -0.00000339. The van der Waals surface area contributed by atoms with Crippen LogP contribution in [0, 0.1) is 0 Å². The quantitative estimate of drug-likeness (QED) is 0.590. The van der Waals surface area contributed by atoms with Gasteiger partial charge in [0.1, 0.15) is 5.75 Å². The van der Waals surface area contributed by atoms with E-state index in [1.807, 2.05) is 19.2 Å². The van der Waals surface area contributed by atoms with Crippen LogP contribution in [0.15, 0.2) is 24.3 Å². The predicted molar refractivity (Wildman–Crippen MR) is 46.8 cm³/mol. The highest BCUT2D eigenvalue weighted by atomic mass is 35.5. The first kappa shape index (κ1) is 11.3. The summed E-state index contributed by atoms with van der Waals surface area (Å²) in [6, 6.07) is 7.30. The van der Waals surface area contributed by atoms with E-state index in [0.717, 1.165) is 13.0 Å². The van der Waals surface area contributed by atoms with Crippen LogP contribution in [0.4, 0.5) is 0 Å². The van der Waals surface area contributed by atoms with Gasteiger partial charge in [0, 0.05) is 0 Å². The van der Waals surface area contributed by atoms with Gasteiger partial charge in [0.2, 0.25) is 0 Å². The molecule has 1 aromatic carbocycles. The highest BCUT2D eigenvalue weighted by molar-refractivity contribution is 5.25. The van der Waals surface area contributed by atoms with Crippen molar-refractivity contribution in [2.24, 2.45) is 0 Å². The highest BCUT2D eigenvalue weighted by Crippen LogP contribution is 2.09. The normalized spacial score (nSPS) is 9.08. The molecule has 2 N–H and O–H groups in total. The SMILES string of the molecule is CNCCc1ccc(O)cc1.[Cl-].[H+]. The Balaban J connectivity index is 0. The van der Waals surface area contributed by atoms with Gasteiger partial charge in [-0.3, -0.25) is 0 Å². The van der Waals surface area contributed by atoms with Crippen LogP contribution in [0.5, 0.6) is 5.75 Å². The first-order valence-corrected chi connectivity index (χ1v) is 3.75. The van der Waals surface area contributed by atoms with Crippen LogP contribution in [-0.2, 0) is 6.42 Å². The van der Waals surface area contributed by atoms with Crippen molar-refractivity contribution in [1.82, 2.24) is 5.32 Å². The number of hydrogen-bond acceptors (Lipinski definition) is 2. The third-order valence-corrected chi connectivity index (χ3v) is 1.60. The van der Waals surface area contributed by atoms with E-state index >= 15 is 0 Å². The molecule has 3 heteroatoms. The Kier molecular flexibility index (Phi) is 5.51. The molecule has 0 aliphatic rings. The second-order valence-corrected chi connectivity index (χ2v) is 2.52. The van der Waals surface area contributed by atoms with Gasteiger partial charge in [0.25, 0.3) is 0 Å². The minimum atomic E-state index is 0. The summed E-state index contributed by atoms with van der Waals surface area (Å²) in [6.45, 7) is 0.977. The van der Waals surface area contributed by atoms with Crippen LogP contribution >= 0.6 is 0 Å². The molecule has 1 aromatic rings. The summed E-state index contributed by atoms with van der Waals surface area (Å²) in [5, 5.41) is 12.0. The number of benzene rings is 1. The molecule has 0 saturated heterocycles. The number of hydrogen-bond donors (Lipinski definition) is 2. The van der Waals surface area contributed by atoms with Crippen molar-refractivity contribution < 1.29 is 18.9 Å². The van der Waals surface area contributed by atoms with Crippen molar-refractivity contribution in [3.63, 3.8) is 0 Å². The molecule has 2 nitrogen and oxygen atoms in total. The van der Waals surface area contributed by atoms with Gasteiger partial charge in [0.15, 0.2) is 0 Å². The first-order valence-electron chi connectivity index (χ1n) is 3.75. The number of rotatable bonds is 3. The molecule has 0 aromatic heterocycles. The van der Waals surface area contributed by atoms with Gasteiger partial charge < -0.3 is 22.8 Å². The smallest absolute Gasteiger partial charge is 1.00 e. The standard InChI is InChI=1S/C9H13NO.ClH/c1-10-7-6-8-2-4-9(11)5-3-8;/h2-5,10-11H,6-7H2,1H3;1H. The molecule has 0 unspecified atom stereocenters. The topological polar surface area (TPSA) is 32.3 Å². The van der Waals surface area contributed by atoms with E-state index in [1.165, 1.54) is 5.56 Å². The number of halogens is 1. The molecule has 0 spiro atoms. The summed E-state index contributed by atoms with van der Waals surface area (Å²) >= 11 is 0. The Bertz CT molecular complexity index is 215. The monoisotopic (exact) mass is 187 g/mol. The summed E-state index contributed by atoms with van der Waals surface area (Å²) in [5.74, 6) is 0.332. The van der Waals surface area contributed by atoms with Crippen molar-refractivity contribution in [3.8, 4) is 5.75 Å². The average molecular weight is 188 g/mol. The Morgan fingerprint density at radius 1 is 1.33 bits per heavy atom. The second kappa shape index (κ2) is 5.86. The molecule has 0 saturated carbocycles. The number of nitrogens with one attached hydrogen (secondary N) is 1. The number of aromatic hydroxyl groups is 1. The maximum Gasteiger partial charge on any atom is 1.00 e. The maximum absolute atomic E-state index is 8.97. The summed E-state index contributed by atoms with van der Waals surface area (Å²) < 4.78 is 0. The maximum atomic E-state index is 8.97. The summed E-state index contributed by atoms with van der Waals surface area (Å²) in [5.41, 5.74) is 1.25. The van der Waals surface area contributed by atoms with Crippen LogP contribution in [0.1, 0.15) is 6.99 Å². The molecule has 0 atom stereocenters. The zero-order valence-electron chi connectivity index (χ0n) is 8.05. The molecule has 0 heterocycles. The molecule has 68 valence electrons. The van der Waals surface area contributed by atoms with Crippen molar-refractivity contribution in [3.05, 3.63) is 29.8 Å². The molecule has 12 heavy (non-hydrogen) atoms. The van der Waals surface area contributed by atoms with Crippen LogP contribution in [-0.4, -0.2) is 18.7 Å². The average Bonchev–Trinajstić information content (AvgIpc) is 2.04. The second-order valence-electron chi connectivity index (χ2n) is 2.52. The Morgan fingerprint density at radius 3 is 2.42 bits per heavy atom. The zero-order valence-corrected chi connectivity index (χ0v) is 7.80. The third kappa shape index (κ3) is 3.60. The summed E-state index contributed by atoms with van der Waals surface area (Å²) in [7, 11) is 1.93. The van der Waals surface area contributed by atoms with Crippen LogP contribution < -0.4 is 17.7 Å². The van der Waals surface area contributed by atoms with Crippen molar-refractivity contribution >= 4 is 0 Å². The minimum Gasteiger partial charge on any atom is -1.00 e. The van der Waals surface area contributed by atoms with Crippen LogP contribution in [0.25, 0.3) is 0 Å². The fourth-order valence-corrected chi connectivity index (χ4v) is 0.932. The molecule has 0 aliphatic heterocycles. The number of phenols is 1. The van der Waals surface area contributed by atoms with E-state index in [4.69, 9.17) is 5.11 Å². The van der Waals surface area contributed by atoms with E-state index < -0.39 is 0 Å². The van der Waals surface area contributed by atoms with Crippen LogP contribution in [0.3, 0.4) is 0 Å². The van der Waals surface area contributed by atoms with E-state index in [9.17, 15) is 0 Å². The van der Waals surface area contributed by atoms with Gasteiger partial charge in [-0.2, -0.15) is 0 Å². The van der Waals surface area contributed by atoms with Gasteiger partial charge in [-0.1, -0.05) is 12.1 Å². The zero-order chi connectivity index (χ0) is 8.10. The molecule has 0 radical (unpaired) electrons. The molecule has 0 aliphatic carbocycles. The lowest BCUT2D eigenvalue weighted by atomic mass is 10.1. The van der Waals surface area contributed by atoms with Gasteiger partial charge in [0.05, 0.1) is 0 Å². The van der Waals surface area contributed by atoms with Gasteiger partial charge >= 0.3 is 1.43 Å². The lowest BCUT2D eigenvalue weighted by Crippen LogP contribution is -3.00. The van der Waals surface area contributed by atoms with Crippen LogP contribution in [0.2, 0.25) is 0 Å². The molecule has 1 rings (SSSR count). The molecular formula is C9H14ClNO. The predicted octanol–water partition coefficient (Wildman–Crippen LogP) is -1.73.